The zero-order valence-electron chi connectivity index (χ0n) is 13.4. The molecule has 4 rings (SSSR count). The first-order valence-corrected chi connectivity index (χ1v) is 9.29. The molecule has 1 atom stereocenters. The highest BCUT2D eigenvalue weighted by atomic mass is 35.5. The molecule has 1 amide bonds. The third-order valence-corrected chi connectivity index (χ3v) is 5.50. The lowest BCUT2D eigenvalue weighted by atomic mass is 9.90. The van der Waals surface area contributed by atoms with E-state index in [1.54, 1.807) is 11.3 Å². The van der Waals surface area contributed by atoms with Gasteiger partial charge in [0.25, 0.3) is 0 Å². The number of carbonyl (C=O) groups excluding carboxylic acids is 1. The van der Waals surface area contributed by atoms with E-state index in [2.05, 4.69) is 11.4 Å². The van der Waals surface area contributed by atoms with Crippen LogP contribution in [0.2, 0.25) is 5.02 Å². The molecule has 0 radical (unpaired) electrons. The summed E-state index contributed by atoms with van der Waals surface area (Å²) < 4.78 is 5.92. The summed E-state index contributed by atoms with van der Waals surface area (Å²) in [5.41, 5.74) is 3.05. The summed E-state index contributed by atoms with van der Waals surface area (Å²) in [6.07, 6.45) is 0.464. The van der Waals surface area contributed by atoms with Crippen molar-refractivity contribution in [2.24, 2.45) is 0 Å². The van der Waals surface area contributed by atoms with E-state index in [4.69, 9.17) is 16.3 Å². The Morgan fingerprint density at radius 2 is 2.04 bits per heavy atom. The number of hydrogen-bond donors (Lipinski definition) is 1. The van der Waals surface area contributed by atoms with Crippen LogP contribution >= 0.6 is 22.9 Å². The van der Waals surface area contributed by atoms with Gasteiger partial charge in [0.05, 0.1) is 5.69 Å². The summed E-state index contributed by atoms with van der Waals surface area (Å²) in [5, 5.41) is 5.65. The van der Waals surface area contributed by atoms with E-state index in [-0.39, 0.29) is 11.8 Å². The summed E-state index contributed by atoms with van der Waals surface area (Å²) >= 11 is 7.69. The Kier molecular flexibility index (Phi) is 4.47. The first-order valence-electron chi connectivity index (χ1n) is 8.03. The lowest BCUT2D eigenvalue weighted by molar-refractivity contribution is -0.116. The number of halogens is 1. The van der Waals surface area contributed by atoms with Crippen LogP contribution in [0.25, 0.3) is 0 Å². The third kappa shape index (κ3) is 3.55. The van der Waals surface area contributed by atoms with E-state index in [9.17, 15) is 4.79 Å². The second-order valence-corrected chi connectivity index (χ2v) is 7.38. The van der Waals surface area contributed by atoms with E-state index in [0.29, 0.717) is 18.1 Å². The smallest absolute Gasteiger partial charge is 0.225 e. The lowest BCUT2D eigenvalue weighted by Crippen LogP contribution is -2.21. The maximum Gasteiger partial charge on any atom is 0.225 e. The molecule has 3 nitrogen and oxygen atoms in total. The van der Waals surface area contributed by atoms with Gasteiger partial charge in [0.1, 0.15) is 12.4 Å². The van der Waals surface area contributed by atoms with Crippen molar-refractivity contribution in [2.75, 3.05) is 5.32 Å². The Hall–Kier alpha value is -2.30. The van der Waals surface area contributed by atoms with Gasteiger partial charge in [-0.15, -0.1) is 11.3 Å². The lowest BCUT2D eigenvalue weighted by Gasteiger charge is -2.23. The van der Waals surface area contributed by atoms with Crippen LogP contribution in [0.15, 0.2) is 60.0 Å². The molecule has 2 heterocycles. The van der Waals surface area contributed by atoms with Crippen LogP contribution in [0, 0.1) is 0 Å². The zero-order chi connectivity index (χ0) is 17.2. The summed E-state index contributed by atoms with van der Waals surface area (Å²) in [6.45, 7) is 0.458. The number of nitrogens with one attached hydrogen (secondary N) is 1. The summed E-state index contributed by atoms with van der Waals surface area (Å²) in [7, 11) is 0. The molecule has 0 aliphatic carbocycles. The maximum absolute atomic E-state index is 12.0. The minimum Gasteiger partial charge on any atom is -0.489 e. The summed E-state index contributed by atoms with van der Waals surface area (Å²) in [5.74, 6) is 0.932. The average Bonchev–Trinajstić information content (AvgIpc) is 3.08. The molecule has 1 N–H and O–H groups in total. The number of thiophene rings is 1. The van der Waals surface area contributed by atoms with Crippen molar-refractivity contribution >= 4 is 34.5 Å². The molecular weight excluding hydrogens is 354 g/mol. The molecule has 0 unspecified atom stereocenters. The Morgan fingerprint density at radius 1 is 1.16 bits per heavy atom. The van der Waals surface area contributed by atoms with Gasteiger partial charge in [-0.3, -0.25) is 4.79 Å². The number of amides is 1. The van der Waals surface area contributed by atoms with Crippen molar-refractivity contribution in [3.8, 4) is 5.75 Å². The van der Waals surface area contributed by atoms with Crippen LogP contribution in [0.3, 0.4) is 0 Å². The van der Waals surface area contributed by atoms with Crippen molar-refractivity contribution in [2.45, 2.75) is 18.9 Å². The predicted molar refractivity (Wildman–Crippen MR) is 102 cm³/mol. The SMILES string of the molecule is O=C1C[C@@H](c2cccc(OCc3cccc(Cl)c3)c2)c2sccc2N1. The van der Waals surface area contributed by atoms with Crippen LogP contribution in [0.5, 0.6) is 5.75 Å². The third-order valence-electron chi connectivity index (χ3n) is 4.23. The van der Waals surface area contributed by atoms with Gasteiger partial charge in [-0.05, 0) is 46.8 Å². The van der Waals surface area contributed by atoms with Crippen molar-refractivity contribution in [1.29, 1.82) is 0 Å². The highest BCUT2D eigenvalue weighted by Gasteiger charge is 2.27. The van der Waals surface area contributed by atoms with Crippen LogP contribution in [0.1, 0.15) is 28.3 Å². The molecule has 1 aliphatic rings. The Morgan fingerprint density at radius 3 is 2.92 bits per heavy atom. The normalized spacial score (nSPS) is 16.2. The zero-order valence-corrected chi connectivity index (χ0v) is 14.9. The topological polar surface area (TPSA) is 38.3 Å². The molecule has 0 fully saturated rings. The van der Waals surface area contributed by atoms with Crippen molar-refractivity contribution in [3.63, 3.8) is 0 Å². The van der Waals surface area contributed by atoms with E-state index in [0.717, 1.165) is 22.6 Å². The van der Waals surface area contributed by atoms with Crippen LogP contribution in [0.4, 0.5) is 5.69 Å². The minimum atomic E-state index is 0.0566. The standard InChI is InChI=1S/C20H16ClNO2S/c21-15-5-1-3-13(9-15)12-24-16-6-2-4-14(10-16)17-11-19(23)22-18-7-8-25-20(17)18/h1-10,17H,11-12H2,(H,22,23)/t17-/m0/s1. The summed E-state index contributed by atoms with van der Waals surface area (Å²) in [6, 6.07) is 17.6. The molecule has 25 heavy (non-hydrogen) atoms. The fourth-order valence-electron chi connectivity index (χ4n) is 3.06. The van der Waals surface area contributed by atoms with Crippen LogP contribution in [-0.2, 0) is 11.4 Å². The highest BCUT2D eigenvalue weighted by Crippen LogP contribution is 2.41. The predicted octanol–water partition coefficient (Wildman–Crippen LogP) is 5.45. The van der Waals surface area contributed by atoms with Crippen molar-refractivity contribution < 1.29 is 9.53 Å². The van der Waals surface area contributed by atoms with Crippen molar-refractivity contribution in [3.05, 3.63) is 81.0 Å². The van der Waals surface area contributed by atoms with Gasteiger partial charge in [-0.2, -0.15) is 0 Å². The minimum absolute atomic E-state index is 0.0566. The number of rotatable bonds is 4. The quantitative estimate of drug-likeness (QED) is 0.663. The second-order valence-electron chi connectivity index (χ2n) is 5.99. The van der Waals surface area contributed by atoms with E-state index < -0.39 is 0 Å². The number of carbonyl (C=O) groups is 1. The fourth-order valence-corrected chi connectivity index (χ4v) is 4.25. The highest BCUT2D eigenvalue weighted by molar-refractivity contribution is 7.10. The van der Waals surface area contributed by atoms with Gasteiger partial charge in [0.15, 0.2) is 0 Å². The molecule has 3 aromatic rings. The summed E-state index contributed by atoms with van der Waals surface area (Å²) in [4.78, 5) is 13.2. The Balaban J connectivity index is 1.55. The molecule has 126 valence electrons. The Labute approximate surface area is 155 Å². The fraction of sp³-hybridized carbons (Fsp3) is 0.150. The van der Waals surface area contributed by atoms with Gasteiger partial charge in [0.2, 0.25) is 5.91 Å². The molecule has 2 aromatic carbocycles. The monoisotopic (exact) mass is 369 g/mol. The maximum atomic E-state index is 12.0. The van der Waals surface area contributed by atoms with Crippen LogP contribution < -0.4 is 10.1 Å². The molecule has 0 saturated carbocycles. The number of anilines is 1. The molecule has 0 spiro atoms. The van der Waals surface area contributed by atoms with Gasteiger partial charge in [0, 0.05) is 22.2 Å². The Bertz CT molecular complexity index is 921. The molecule has 5 heteroatoms. The number of ether oxygens (including phenoxy) is 1. The van der Waals surface area contributed by atoms with Crippen molar-refractivity contribution in [1.82, 2.24) is 0 Å². The van der Waals surface area contributed by atoms with Gasteiger partial charge in [-0.1, -0.05) is 35.9 Å². The molecule has 1 aliphatic heterocycles. The van der Waals surface area contributed by atoms with Gasteiger partial charge < -0.3 is 10.1 Å². The van der Waals surface area contributed by atoms with Gasteiger partial charge in [-0.25, -0.2) is 0 Å². The van der Waals surface area contributed by atoms with Gasteiger partial charge >= 0.3 is 0 Å². The first-order chi connectivity index (χ1) is 12.2. The second kappa shape index (κ2) is 6.90. The number of benzene rings is 2. The number of fused-ring (bicyclic) bond motifs is 1. The average molecular weight is 370 g/mol. The molecule has 0 saturated heterocycles. The van der Waals surface area contributed by atoms with E-state index in [1.807, 2.05) is 53.9 Å². The van der Waals surface area contributed by atoms with E-state index >= 15 is 0 Å². The number of hydrogen-bond acceptors (Lipinski definition) is 3. The molecule has 1 aromatic heterocycles. The molecular formula is C20H16ClNO2S. The van der Waals surface area contributed by atoms with E-state index in [1.165, 1.54) is 4.88 Å². The first kappa shape index (κ1) is 16.2. The largest absolute Gasteiger partial charge is 0.489 e. The van der Waals surface area contributed by atoms with Crippen LogP contribution in [-0.4, -0.2) is 5.91 Å². The molecule has 0 bridgehead atoms.